The molecule has 0 aliphatic carbocycles. The maximum absolute atomic E-state index is 12.6. The highest BCUT2D eigenvalue weighted by atomic mass is 35.5. The number of hydrogen-bond donors (Lipinski definition) is 0. The summed E-state index contributed by atoms with van der Waals surface area (Å²) in [4.78, 5) is 19.1. The molecule has 1 atom stereocenters. The number of hydrazone groups is 1. The van der Waals surface area contributed by atoms with Crippen LogP contribution in [-0.4, -0.2) is 34.6 Å². The number of carbonyl (C=O) groups is 1. The van der Waals surface area contributed by atoms with Gasteiger partial charge in [-0.3, -0.25) is 14.7 Å². The molecule has 0 saturated carbocycles. The van der Waals surface area contributed by atoms with Crippen LogP contribution in [0.2, 0.25) is 5.02 Å². The van der Waals surface area contributed by atoms with Crippen LogP contribution in [0.25, 0.3) is 0 Å². The summed E-state index contributed by atoms with van der Waals surface area (Å²) in [5.41, 5.74) is 2.89. The molecule has 4 rings (SSSR count). The fourth-order valence-corrected chi connectivity index (χ4v) is 3.37. The van der Waals surface area contributed by atoms with Gasteiger partial charge < -0.3 is 0 Å². The molecular weight excluding hydrogens is 324 g/mol. The smallest absolute Gasteiger partial charge is 0.256 e. The van der Waals surface area contributed by atoms with Gasteiger partial charge in [-0.1, -0.05) is 17.7 Å². The number of benzene rings is 1. The molecule has 2 aliphatic rings. The van der Waals surface area contributed by atoms with E-state index in [1.807, 2.05) is 24.4 Å². The Morgan fingerprint density at radius 1 is 1.21 bits per heavy atom. The van der Waals surface area contributed by atoms with Crippen molar-refractivity contribution in [1.29, 1.82) is 0 Å². The number of likely N-dealkylation sites (tertiary alicyclic amines) is 1. The Kier molecular flexibility index (Phi) is 4.04. The summed E-state index contributed by atoms with van der Waals surface area (Å²) in [5, 5.41) is 6.75. The first kappa shape index (κ1) is 15.3. The van der Waals surface area contributed by atoms with Crippen molar-refractivity contribution in [3.05, 3.63) is 59.4 Å². The first-order valence-corrected chi connectivity index (χ1v) is 8.37. The van der Waals surface area contributed by atoms with E-state index in [4.69, 9.17) is 11.6 Å². The Morgan fingerprint density at radius 2 is 2.04 bits per heavy atom. The number of anilines is 1. The predicted octanol–water partition coefficient (Wildman–Crippen LogP) is 2.96. The van der Waals surface area contributed by atoms with Gasteiger partial charge >= 0.3 is 0 Å². The summed E-state index contributed by atoms with van der Waals surface area (Å²) < 4.78 is 0. The third kappa shape index (κ3) is 2.92. The highest BCUT2D eigenvalue weighted by Crippen LogP contribution is 2.29. The van der Waals surface area contributed by atoms with Crippen molar-refractivity contribution in [2.24, 2.45) is 11.0 Å². The molecule has 1 aromatic carbocycles. The average molecular weight is 341 g/mol. The molecule has 0 spiro atoms. The molecule has 6 heteroatoms. The first-order valence-electron chi connectivity index (χ1n) is 7.99. The number of hydrogen-bond acceptors (Lipinski definition) is 4. The van der Waals surface area contributed by atoms with E-state index < -0.39 is 0 Å². The van der Waals surface area contributed by atoms with Crippen LogP contribution in [0.5, 0.6) is 0 Å². The standard InChI is InChI=1S/C18H17ClN4O/c19-14-3-5-15(6-4-14)23-18(24)16-7-9-22(12-17(16)21-23)11-13-2-1-8-20-10-13/h1-6,8,10,16H,7,9,11-12H2. The molecule has 1 amide bonds. The first-order chi connectivity index (χ1) is 11.7. The number of nitrogens with zero attached hydrogens (tertiary/aromatic N) is 4. The zero-order valence-electron chi connectivity index (χ0n) is 13.1. The second-order valence-corrected chi connectivity index (χ2v) is 6.57. The number of rotatable bonds is 3. The summed E-state index contributed by atoms with van der Waals surface area (Å²) in [6.45, 7) is 2.43. The zero-order chi connectivity index (χ0) is 16.5. The molecule has 1 aromatic heterocycles. The van der Waals surface area contributed by atoms with Crippen molar-refractivity contribution in [2.75, 3.05) is 18.1 Å². The molecule has 1 unspecified atom stereocenters. The maximum Gasteiger partial charge on any atom is 0.256 e. The van der Waals surface area contributed by atoms with Crippen LogP contribution in [0.1, 0.15) is 12.0 Å². The van der Waals surface area contributed by atoms with Gasteiger partial charge in [0.15, 0.2) is 0 Å². The number of piperidine rings is 1. The van der Waals surface area contributed by atoms with E-state index in [1.165, 1.54) is 10.6 Å². The van der Waals surface area contributed by atoms with E-state index >= 15 is 0 Å². The van der Waals surface area contributed by atoms with E-state index in [9.17, 15) is 4.79 Å². The van der Waals surface area contributed by atoms with Gasteiger partial charge in [-0.05, 0) is 42.3 Å². The van der Waals surface area contributed by atoms with Gasteiger partial charge in [-0.15, -0.1) is 0 Å². The van der Waals surface area contributed by atoms with Crippen LogP contribution < -0.4 is 5.01 Å². The molecule has 1 fully saturated rings. The quantitative estimate of drug-likeness (QED) is 0.863. The van der Waals surface area contributed by atoms with Gasteiger partial charge in [-0.2, -0.15) is 5.10 Å². The molecule has 0 N–H and O–H groups in total. The van der Waals surface area contributed by atoms with E-state index in [0.29, 0.717) is 5.02 Å². The van der Waals surface area contributed by atoms with Crippen LogP contribution in [0, 0.1) is 5.92 Å². The van der Waals surface area contributed by atoms with Crippen molar-refractivity contribution < 1.29 is 4.79 Å². The molecule has 2 aliphatic heterocycles. The average Bonchev–Trinajstić information content (AvgIpc) is 2.93. The van der Waals surface area contributed by atoms with Crippen LogP contribution in [-0.2, 0) is 11.3 Å². The van der Waals surface area contributed by atoms with Crippen LogP contribution in [0.4, 0.5) is 5.69 Å². The van der Waals surface area contributed by atoms with E-state index in [2.05, 4.69) is 21.1 Å². The van der Waals surface area contributed by atoms with Gasteiger partial charge in [0.05, 0.1) is 17.3 Å². The summed E-state index contributed by atoms with van der Waals surface area (Å²) in [6, 6.07) is 11.2. The lowest BCUT2D eigenvalue weighted by Crippen LogP contribution is -2.41. The van der Waals surface area contributed by atoms with Crippen LogP contribution in [0.15, 0.2) is 53.9 Å². The lowest BCUT2D eigenvalue weighted by molar-refractivity contribution is -0.120. The monoisotopic (exact) mass is 340 g/mol. The van der Waals surface area contributed by atoms with E-state index in [1.54, 1.807) is 18.3 Å². The van der Waals surface area contributed by atoms with Gasteiger partial charge in [0.2, 0.25) is 0 Å². The highest BCUT2D eigenvalue weighted by Gasteiger charge is 2.39. The largest absolute Gasteiger partial charge is 0.293 e. The molecular formula is C18H17ClN4O. The van der Waals surface area contributed by atoms with Gasteiger partial charge in [-0.25, -0.2) is 5.01 Å². The second-order valence-electron chi connectivity index (χ2n) is 6.13. The Balaban J connectivity index is 1.51. The van der Waals surface area contributed by atoms with Crippen molar-refractivity contribution in [3.8, 4) is 0 Å². The lowest BCUT2D eigenvalue weighted by Gasteiger charge is -2.29. The summed E-state index contributed by atoms with van der Waals surface area (Å²) in [6.07, 6.45) is 4.47. The van der Waals surface area contributed by atoms with Crippen molar-refractivity contribution in [3.63, 3.8) is 0 Å². The topological polar surface area (TPSA) is 48.8 Å². The molecule has 122 valence electrons. The summed E-state index contributed by atoms with van der Waals surface area (Å²) >= 11 is 5.92. The van der Waals surface area contributed by atoms with Gasteiger partial charge in [0, 0.05) is 37.1 Å². The van der Waals surface area contributed by atoms with Crippen molar-refractivity contribution >= 4 is 28.9 Å². The minimum atomic E-state index is -0.0918. The van der Waals surface area contributed by atoms with Crippen LogP contribution >= 0.6 is 11.6 Å². The Morgan fingerprint density at radius 3 is 2.79 bits per heavy atom. The fourth-order valence-electron chi connectivity index (χ4n) is 3.24. The number of fused-ring (bicyclic) bond motifs is 1. The number of halogens is 1. The Bertz CT molecular complexity index is 775. The molecule has 5 nitrogen and oxygen atoms in total. The molecule has 3 heterocycles. The summed E-state index contributed by atoms with van der Waals surface area (Å²) in [7, 11) is 0. The third-order valence-corrected chi connectivity index (χ3v) is 4.71. The van der Waals surface area contributed by atoms with Gasteiger partial charge in [0.1, 0.15) is 0 Å². The Hall–Kier alpha value is -2.24. The van der Waals surface area contributed by atoms with Gasteiger partial charge in [0.25, 0.3) is 5.91 Å². The molecule has 0 radical (unpaired) electrons. The SMILES string of the molecule is O=C1C2CCN(Cc3cccnc3)CC2=NN1c1ccc(Cl)cc1. The predicted molar refractivity (Wildman–Crippen MR) is 94.0 cm³/mol. The molecule has 2 aromatic rings. The highest BCUT2D eigenvalue weighted by molar-refractivity contribution is 6.30. The van der Waals surface area contributed by atoms with Crippen molar-refractivity contribution in [1.82, 2.24) is 9.88 Å². The fraction of sp³-hybridized carbons (Fsp3) is 0.278. The van der Waals surface area contributed by atoms with E-state index in [0.717, 1.165) is 37.5 Å². The summed E-state index contributed by atoms with van der Waals surface area (Å²) in [5.74, 6) is -0.0285. The van der Waals surface area contributed by atoms with Crippen LogP contribution in [0.3, 0.4) is 0 Å². The number of aromatic nitrogens is 1. The number of pyridine rings is 1. The lowest BCUT2D eigenvalue weighted by atomic mass is 9.94. The molecule has 1 saturated heterocycles. The minimum Gasteiger partial charge on any atom is -0.293 e. The molecule has 24 heavy (non-hydrogen) atoms. The van der Waals surface area contributed by atoms with E-state index in [-0.39, 0.29) is 11.8 Å². The third-order valence-electron chi connectivity index (χ3n) is 4.46. The Labute approximate surface area is 145 Å². The molecule has 0 bridgehead atoms. The number of carbonyl (C=O) groups excluding carboxylic acids is 1. The van der Waals surface area contributed by atoms with Crippen molar-refractivity contribution in [2.45, 2.75) is 13.0 Å². The maximum atomic E-state index is 12.6. The minimum absolute atomic E-state index is 0.0633. The second kappa shape index (κ2) is 6.34. The zero-order valence-corrected chi connectivity index (χ0v) is 13.9. The number of amides is 1. The normalized spacial score (nSPS) is 20.9.